The van der Waals surface area contributed by atoms with E-state index >= 15 is 0 Å². The molecule has 1 aliphatic rings. The SMILES string of the molecule is NC1=CC=CN(c2nccs2)C1. The van der Waals surface area contributed by atoms with Crippen LogP contribution in [0.2, 0.25) is 0 Å². The summed E-state index contributed by atoms with van der Waals surface area (Å²) in [6.45, 7) is 0.740. The lowest BCUT2D eigenvalue weighted by Gasteiger charge is -2.19. The average molecular weight is 179 g/mol. The van der Waals surface area contributed by atoms with Crippen molar-refractivity contribution in [3.63, 3.8) is 0 Å². The van der Waals surface area contributed by atoms with Crippen molar-refractivity contribution in [2.75, 3.05) is 11.4 Å². The van der Waals surface area contributed by atoms with Gasteiger partial charge < -0.3 is 10.6 Å². The summed E-state index contributed by atoms with van der Waals surface area (Å²) in [6.07, 6.45) is 7.61. The van der Waals surface area contributed by atoms with E-state index in [0.717, 1.165) is 17.4 Å². The molecule has 0 bridgehead atoms. The Labute approximate surface area is 74.8 Å². The zero-order chi connectivity index (χ0) is 8.39. The Kier molecular flexibility index (Phi) is 1.83. The summed E-state index contributed by atoms with van der Waals surface area (Å²) >= 11 is 1.61. The minimum absolute atomic E-state index is 0.740. The second-order valence-electron chi connectivity index (χ2n) is 2.53. The predicted octanol–water partition coefficient (Wildman–Crippen LogP) is 1.32. The molecule has 62 valence electrons. The summed E-state index contributed by atoms with van der Waals surface area (Å²) in [5, 5.41) is 2.94. The van der Waals surface area contributed by atoms with Crippen molar-refractivity contribution >= 4 is 16.5 Å². The molecular weight excluding hydrogens is 170 g/mol. The Bertz CT molecular complexity index is 313. The van der Waals surface area contributed by atoms with Crippen molar-refractivity contribution in [2.24, 2.45) is 5.73 Å². The second-order valence-corrected chi connectivity index (χ2v) is 3.40. The molecule has 0 aromatic carbocycles. The monoisotopic (exact) mass is 179 g/mol. The minimum atomic E-state index is 0.740. The van der Waals surface area contributed by atoms with Crippen LogP contribution in [0, 0.1) is 0 Å². The highest BCUT2D eigenvalue weighted by Gasteiger charge is 2.08. The van der Waals surface area contributed by atoms with Gasteiger partial charge in [0.05, 0.1) is 6.54 Å². The van der Waals surface area contributed by atoms with Gasteiger partial charge in [0, 0.05) is 23.5 Å². The van der Waals surface area contributed by atoms with E-state index < -0.39 is 0 Å². The van der Waals surface area contributed by atoms with E-state index in [1.165, 1.54) is 0 Å². The minimum Gasteiger partial charge on any atom is -0.401 e. The number of aromatic nitrogens is 1. The molecule has 0 unspecified atom stereocenters. The van der Waals surface area contributed by atoms with E-state index in [-0.39, 0.29) is 0 Å². The lowest BCUT2D eigenvalue weighted by molar-refractivity contribution is 0.985. The number of nitrogens with zero attached hydrogens (tertiary/aromatic N) is 2. The Morgan fingerprint density at radius 2 is 2.50 bits per heavy atom. The van der Waals surface area contributed by atoms with Gasteiger partial charge in [-0.25, -0.2) is 4.98 Å². The molecule has 0 aliphatic carbocycles. The Morgan fingerprint density at radius 1 is 1.58 bits per heavy atom. The predicted molar refractivity (Wildman–Crippen MR) is 50.9 cm³/mol. The molecule has 3 nitrogen and oxygen atoms in total. The first-order valence-electron chi connectivity index (χ1n) is 3.65. The number of hydrogen-bond donors (Lipinski definition) is 1. The molecule has 4 heteroatoms. The zero-order valence-corrected chi connectivity index (χ0v) is 7.29. The molecule has 0 fully saturated rings. The maximum absolute atomic E-state index is 5.68. The van der Waals surface area contributed by atoms with Crippen LogP contribution < -0.4 is 10.6 Å². The number of allylic oxidation sites excluding steroid dienone is 2. The molecule has 2 rings (SSSR count). The van der Waals surface area contributed by atoms with Crippen molar-refractivity contribution in [2.45, 2.75) is 0 Å². The third-order valence-electron chi connectivity index (χ3n) is 1.59. The van der Waals surface area contributed by atoms with Crippen LogP contribution in [-0.2, 0) is 0 Å². The topological polar surface area (TPSA) is 42.1 Å². The van der Waals surface area contributed by atoms with E-state index in [9.17, 15) is 0 Å². The summed E-state index contributed by atoms with van der Waals surface area (Å²) in [6, 6.07) is 0. The van der Waals surface area contributed by atoms with Gasteiger partial charge in [-0.05, 0) is 12.2 Å². The number of hydrogen-bond acceptors (Lipinski definition) is 4. The molecular formula is C8H9N3S. The second kappa shape index (κ2) is 2.98. The number of anilines is 1. The molecule has 0 saturated heterocycles. The van der Waals surface area contributed by atoms with E-state index in [1.807, 2.05) is 28.6 Å². The van der Waals surface area contributed by atoms with Crippen LogP contribution in [-0.4, -0.2) is 11.5 Å². The summed E-state index contributed by atoms with van der Waals surface area (Å²) in [5.41, 5.74) is 6.54. The molecule has 0 radical (unpaired) electrons. The van der Waals surface area contributed by atoms with Crippen molar-refractivity contribution < 1.29 is 0 Å². The van der Waals surface area contributed by atoms with Crippen molar-refractivity contribution in [3.05, 3.63) is 35.6 Å². The highest BCUT2D eigenvalue weighted by molar-refractivity contribution is 7.13. The molecule has 1 aromatic heterocycles. The van der Waals surface area contributed by atoms with Gasteiger partial charge in [-0.2, -0.15) is 0 Å². The van der Waals surface area contributed by atoms with Gasteiger partial charge in [0.2, 0.25) is 0 Å². The molecule has 12 heavy (non-hydrogen) atoms. The Morgan fingerprint density at radius 3 is 3.17 bits per heavy atom. The van der Waals surface area contributed by atoms with Gasteiger partial charge in [0.1, 0.15) is 0 Å². The van der Waals surface area contributed by atoms with Gasteiger partial charge in [-0.1, -0.05) is 0 Å². The van der Waals surface area contributed by atoms with Crippen LogP contribution >= 0.6 is 11.3 Å². The molecule has 0 saturated carbocycles. The molecule has 2 heterocycles. The molecule has 0 spiro atoms. The largest absolute Gasteiger partial charge is 0.401 e. The molecule has 2 N–H and O–H groups in total. The average Bonchev–Trinajstić information content (AvgIpc) is 2.56. The van der Waals surface area contributed by atoms with Crippen LogP contribution in [0.15, 0.2) is 35.6 Å². The van der Waals surface area contributed by atoms with Crippen LogP contribution in [0.5, 0.6) is 0 Å². The molecule has 0 atom stereocenters. The van der Waals surface area contributed by atoms with Crippen molar-refractivity contribution in [3.8, 4) is 0 Å². The molecule has 1 aliphatic heterocycles. The first-order valence-corrected chi connectivity index (χ1v) is 4.53. The van der Waals surface area contributed by atoms with Crippen LogP contribution in [0.1, 0.15) is 0 Å². The quantitative estimate of drug-likeness (QED) is 0.707. The van der Waals surface area contributed by atoms with Gasteiger partial charge in [-0.3, -0.25) is 0 Å². The maximum atomic E-state index is 5.68. The highest BCUT2D eigenvalue weighted by Crippen LogP contribution is 2.19. The first-order chi connectivity index (χ1) is 5.86. The summed E-state index contributed by atoms with van der Waals surface area (Å²) in [4.78, 5) is 6.21. The van der Waals surface area contributed by atoms with E-state index in [0.29, 0.717) is 0 Å². The maximum Gasteiger partial charge on any atom is 0.189 e. The van der Waals surface area contributed by atoms with Crippen molar-refractivity contribution in [1.29, 1.82) is 0 Å². The lowest BCUT2D eigenvalue weighted by atomic mass is 10.3. The van der Waals surface area contributed by atoms with Gasteiger partial charge in [-0.15, -0.1) is 11.3 Å². The van der Waals surface area contributed by atoms with Crippen LogP contribution in [0.25, 0.3) is 0 Å². The van der Waals surface area contributed by atoms with Crippen molar-refractivity contribution in [1.82, 2.24) is 4.98 Å². The van der Waals surface area contributed by atoms with E-state index in [1.54, 1.807) is 17.5 Å². The molecule has 0 amide bonds. The normalized spacial score (nSPS) is 16.3. The molecule has 1 aromatic rings. The lowest BCUT2D eigenvalue weighted by Crippen LogP contribution is -2.24. The standard InChI is InChI=1S/C8H9N3S/c9-7-2-1-4-11(6-7)8-10-3-5-12-8/h1-5H,6,9H2. The Balaban J connectivity index is 2.19. The number of nitrogens with two attached hydrogens (primary N) is 1. The summed E-state index contributed by atoms with van der Waals surface area (Å²) in [7, 11) is 0. The fourth-order valence-electron chi connectivity index (χ4n) is 1.06. The van der Waals surface area contributed by atoms with E-state index in [2.05, 4.69) is 4.98 Å². The fraction of sp³-hybridized carbons (Fsp3) is 0.125. The smallest absolute Gasteiger partial charge is 0.189 e. The fourth-order valence-corrected chi connectivity index (χ4v) is 1.69. The Hall–Kier alpha value is -1.29. The summed E-state index contributed by atoms with van der Waals surface area (Å²) < 4.78 is 0. The van der Waals surface area contributed by atoms with E-state index in [4.69, 9.17) is 5.73 Å². The van der Waals surface area contributed by atoms with Crippen LogP contribution in [0.3, 0.4) is 0 Å². The van der Waals surface area contributed by atoms with Gasteiger partial charge in [0.15, 0.2) is 5.13 Å². The van der Waals surface area contributed by atoms with Gasteiger partial charge >= 0.3 is 0 Å². The third-order valence-corrected chi connectivity index (χ3v) is 2.40. The number of thiazole rings is 1. The number of rotatable bonds is 1. The summed E-state index contributed by atoms with van der Waals surface area (Å²) in [5.74, 6) is 0. The van der Waals surface area contributed by atoms with Gasteiger partial charge in [0.25, 0.3) is 0 Å². The van der Waals surface area contributed by atoms with Crippen LogP contribution in [0.4, 0.5) is 5.13 Å². The highest BCUT2D eigenvalue weighted by atomic mass is 32.1. The first kappa shape index (κ1) is 7.36. The zero-order valence-electron chi connectivity index (χ0n) is 6.47. The third kappa shape index (κ3) is 1.33.